The highest BCUT2D eigenvalue weighted by molar-refractivity contribution is 8.00. The first-order valence-corrected chi connectivity index (χ1v) is 17.4. The zero-order valence-corrected chi connectivity index (χ0v) is 28.2. The van der Waals surface area contributed by atoms with Gasteiger partial charge in [-0.3, -0.25) is 14.4 Å². The molecular weight excluding hydrogens is 659 g/mol. The Morgan fingerprint density at radius 1 is 0.878 bits per heavy atom. The second kappa shape index (κ2) is 15.7. The van der Waals surface area contributed by atoms with Crippen LogP contribution >= 0.6 is 23.1 Å². The topological polar surface area (TPSA) is 127 Å². The van der Waals surface area contributed by atoms with Crippen LogP contribution in [0.4, 0.5) is 10.7 Å². The summed E-state index contributed by atoms with van der Waals surface area (Å²) in [4.78, 5) is 55.1. The molecule has 1 unspecified atom stereocenters. The van der Waals surface area contributed by atoms with E-state index >= 15 is 0 Å². The monoisotopic (exact) mass is 691 g/mol. The quantitative estimate of drug-likeness (QED) is 0.0731. The number of hydrogen-bond acceptors (Lipinski definition) is 8. The van der Waals surface area contributed by atoms with E-state index in [9.17, 15) is 19.2 Å². The van der Waals surface area contributed by atoms with Crippen LogP contribution in [-0.4, -0.2) is 30.8 Å². The van der Waals surface area contributed by atoms with E-state index in [4.69, 9.17) is 9.15 Å². The molecule has 1 aliphatic carbocycles. The van der Waals surface area contributed by atoms with Gasteiger partial charge in [0.15, 0.2) is 0 Å². The van der Waals surface area contributed by atoms with Crippen LogP contribution in [-0.2, 0) is 27.2 Å². The Bertz CT molecular complexity index is 1990. The first-order valence-electron chi connectivity index (χ1n) is 15.7. The molecular formula is C38H33N3O6S2. The summed E-state index contributed by atoms with van der Waals surface area (Å²) in [7, 11) is 1.35. The standard InChI is InChI=1S/C38H33N3O6S2/c1-46-38(45)32-29-19-8-9-20-31(29)49-37(32)41-36(44)33(24-12-4-2-5-13-24)48-28-18-10-16-26(22-28)39-35(43)30(23-27-17-11-21-47-27)40-34(42)25-14-6-3-7-15-25/h2-7,10-18,21-23,33H,8-9,19-20H2,1H3,(H,39,43)(H,40,42)(H,41,44)/b30-23-. The molecule has 2 aromatic heterocycles. The van der Waals surface area contributed by atoms with Gasteiger partial charge >= 0.3 is 5.97 Å². The molecule has 9 nitrogen and oxygen atoms in total. The number of carbonyl (C=O) groups is 4. The molecule has 3 N–H and O–H groups in total. The average Bonchev–Trinajstić information content (AvgIpc) is 3.78. The molecule has 0 spiro atoms. The largest absolute Gasteiger partial charge is 0.465 e. The molecule has 5 aromatic rings. The van der Waals surface area contributed by atoms with Crippen molar-refractivity contribution in [2.75, 3.05) is 17.7 Å². The number of anilines is 2. The van der Waals surface area contributed by atoms with Crippen LogP contribution in [0.2, 0.25) is 0 Å². The molecule has 0 radical (unpaired) electrons. The molecule has 6 rings (SSSR count). The van der Waals surface area contributed by atoms with E-state index < -0.39 is 23.0 Å². The van der Waals surface area contributed by atoms with Crippen LogP contribution in [0, 0.1) is 0 Å². The molecule has 0 saturated carbocycles. The van der Waals surface area contributed by atoms with E-state index in [1.54, 1.807) is 60.7 Å². The summed E-state index contributed by atoms with van der Waals surface area (Å²) >= 11 is 2.75. The highest BCUT2D eigenvalue weighted by atomic mass is 32.2. The third-order valence-electron chi connectivity index (χ3n) is 7.84. The summed E-state index contributed by atoms with van der Waals surface area (Å²) in [5.74, 6) is -1.36. The van der Waals surface area contributed by atoms with Gasteiger partial charge in [0.25, 0.3) is 11.8 Å². The number of thiophene rings is 1. The van der Waals surface area contributed by atoms with Crippen molar-refractivity contribution in [3.8, 4) is 0 Å². The van der Waals surface area contributed by atoms with Gasteiger partial charge in [0.2, 0.25) is 5.91 Å². The minimum absolute atomic E-state index is 0.0107. The van der Waals surface area contributed by atoms with E-state index in [1.807, 2.05) is 36.4 Å². The minimum Gasteiger partial charge on any atom is -0.465 e. The summed E-state index contributed by atoms with van der Waals surface area (Å²) in [5, 5.41) is 8.42. The van der Waals surface area contributed by atoms with Crippen molar-refractivity contribution in [1.82, 2.24) is 5.32 Å². The van der Waals surface area contributed by atoms with Crippen LogP contribution in [0.5, 0.6) is 0 Å². The van der Waals surface area contributed by atoms with Crippen LogP contribution in [0.3, 0.4) is 0 Å². The van der Waals surface area contributed by atoms with Gasteiger partial charge in [-0.25, -0.2) is 4.79 Å². The predicted octanol–water partition coefficient (Wildman–Crippen LogP) is 7.89. The normalized spacial score (nSPS) is 13.1. The van der Waals surface area contributed by atoms with Crippen LogP contribution < -0.4 is 16.0 Å². The third kappa shape index (κ3) is 8.19. The first kappa shape index (κ1) is 33.5. The van der Waals surface area contributed by atoms with Crippen molar-refractivity contribution in [2.45, 2.75) is 35.8 Å². The molecule has 49 heavy (non-hydrogen) atoms. The third-order valence-corrected chi connectivity index (χ3v) is 10.3. The molecule has 1 atom stereocenters. The lowest BCUT2D eigenvalue weighted by molar-refractivity contribution is -0.116. The van der Waals surface area contributed by atoms with E-state index in [0.29, 0.717) is 32.5 Å². The number of thioether (sulfide) groups is 1. The number of fused-ring (bicyclic) bond motifs is 1. The number of methoxy groups -OCH3 is 1. The maximum Gasteiger partial charge on any atom is 0.341 e. The molecule has 2 heterocycles. The summed E-state index contributed by atoms with van der Waals surface area (Å²) < 4.78 is 10.5. The van der Waals surface area contributed by atoms with E-state index in [1.165, 1.54) is 42.5 Å². The van der Waals surface area contributed by atoms with Crippen molar-refractivity contribution in [3.63, 3.8) is 0 Å². The Kier molecular flexibility index (Phi) is 10.7. The Labute approximate surface area is 291 Å². The Hall–Kier alpha value is -5.39. The molecule has 3 amide bonds. The van der Waals surface area contributed by atoms with Gasteiger partial charge in [0.05, 0.1) is 18.9 Å². The molecule has 248 valence electrons. The predicted molar refractivity (Wildman–Crippen MR) is 192 cm³/mol. The summed E-state index contributed by atoms with van der Waals surface area (Å²) in [5.41, 5.74) is 3.02. The highest BCUT2D eigenvalue weighted by Gasteiger charge is 2.30. The smallest absolute Gasteiger partial charge is 0.341 e. The number of amides is 3. The number of esters is 1. The number of nitrogens with one attached hydrogen (secondary N) is 3. The maximum atomic E-state index is 14.0. The van der Waals surface area contributed by atoms with E-state index in [-0.39, 0.29) is 11.6 Å². The van der Waals surface area contributed by atoms with Crippen LogP contribution in [0.25, 0.3) is 6.08 Å². The minimum atomic E-state index is -0.684. The van der Waals surface area contributed by atoms with E-state index in [0.717, 1.165) is 41.7 Å². The van der Waals surface area contributed by atoms with Gasteiger partial charge in [0.1, 0.15) is 21.7 Å². The lowest BCUT2D eigenvalue weighted by atomic mass is 9.95. The SMILES string of the molecule is COC(=O)c1c(NC(=O)C(Sc2cccc(NC(=O)/C(=C/c3ccco3)NC(=O)c3ccccc3)c2)c2ccccc2)sc2c1CCCC2. The molecule has 0 saturated heterocycles. The molecule has 11 heteroatoms. The summed E-state index contributed by atoms with van der Waals surface area (Å²) in [6.07, 6.45) is 6.59. The van der Waals surface area contributed by atoms with Gasteiger partial charge in [0, 0.05) is 27.1 Å². The lowest BCUT2D eigenvalue weighted by Gasteiger charge is -2.18. The average molecular weight is 692 g/mol. The van der Waals surface area contributed by atoms with Crippen molar-refractivity contribution < 1.29 is 28.3 Å². The van der Waals surface area contributed by atoms with Gasteiger partial charge in [-0.2, -0.15) is 0 Å². The van der Waals surface area contributed by atoms with Gasteiger partial charge < -0.3 is 25.1 Å². The van der Waals surface area contributed by atoms with Crippen molar-refractivity contribution in [1.29, 1.82) is 0 Å². The molecule has 0 aliphatic heterocycles. The number of carbonyl (C=O) groups excluding carboxylic acids is 4. The number of furan rings is 1. The van der Waals surface area contributed by atoms with Crippen molar-refractivity contribution in [2.24, 2.45) is 0 Å². The molecule has 3 aromatic carbocycles. The Balaban J connectivity index is 1.23. The second-order valence-corrected chi connectivity index (χ2v) is 13.5. The molecule has 0 fully saturated rings. The Morgan fingerprint density at radius 3 is 2.37 bits per heavy atom. The summed E-state index contributed by atoms with van der Waals surface area (Å²) in [6, 6.07) is 28.4. The Morgan fingerprint density at radius 2 is 1.63 bits per heavy atom. The van der Waals surface area contributed by atoms with Gasteiger partial charge in [-0.15, -0.1) is 23.1 Å². The fraction of sp³-hybridized carbons (Fsp3) is 0.158. The zero-order chi connectivity index (χ0) is 34.2. The molecule has 1 aliphatic rings. The van der Waals surface area contributed by atoms with Crippen LogP contribution in [0.15, 0.2) is 118 Å². The summed E-state index contributed by atoms with van der Waals surface area (Å²) in [6.45, 7) is 0. The number of ether oxygens (including phenoxy) is 1. The maximum absolute atomic E-state index is 14.0. The number of aryl methyl sites for hydroxylation is 1. The number of benzene rings is 3. The highest BCUT2D eigenvalue weighted by Crippen LogP contribution is 2.41. The molecule has 0 bridgehead atoms. The fourth-order valence-electron chi connectivity index (χ4n) is 5.49. The number of hydrogen-bond donors (Lipinski definition) is 3. The second-order valence-electron chi connectivity index (χ2n) is 11.2. The van der Waals surface area contributed by atoms with Gasteiger partial charge in [-0.05, 0) is 79.3 Å². The fourth-order valence-corrected chi connectivity index (χ4v) is 7.85. The van der Waals surface area contributed by atoms with Gasteiger partial charge in [-0.1, -0.05) is 54.6 Å². The lowest BCUT2D eigenvalue weighted by Crippen LogP contribution is -2.30. The number of rotatable bonds is 11. The van der Waals surface area contributed by atoms with Crippen LogP contribution in [0.1, 0.15) is 60.6 Å². The van der Waals surface area contributed by atoms with Crippen molar-refractivity contribution >= 4 is 63.6 Å². The first-order chi connectivity index (χ1) is 23.9. The zero-order valence-electron chi connectivity index (χ0n) is 26.6. The van der Waals surface area contributed by atoms with E-state index in [2.05, 4.69) is 16.0 Å². The van der Waals surface area contributed by atoms with Crippen molar-refractivity contribution in [3.05, 3.63) is 142 Å².